The fourth-order valence-electron chi connectivity index (χ4n) is 2.39. The zero-order valence-corrected chi connectivity index (χ0v) is 13.9. The van der Waals surface area contributed by atoms with Crippen molar-refractivity contribution in [3.8, 4) is 0 Å². The largest absolute Gasteiger partial charge is 0.352 e. The molecule has 3 rings (SSSR count). The molecule has 0 fully saturated rings. The van der Waals surface area contributed by atoms with Gasteiger partial charge in [-0.15, -0.1) is 0 Å². The third-order valence-corrected chi connectivity index (χ3v) is 4.72. The molecule has 0 saturated carbocycles. The van der Waals surface area contributed by atoms with Crippen molar-refractivity contribution in [2.75, 3.05) is 12.8 Å². The second-order valence-corrected chi connectivity index (χ2v) is 7.52. The first-order chi connectivity index (χ1) is 11.4. The first kappa shape index (κ1) is 16.2. The summed E-state index contributed by atoms with van der Waals surface area (Å²) in [5, 5.41) is 2.78. The van der Waals surface area contributed by atoms with Crippen LogP contribution in [0.3, 0.4) is 0 Å². The fourth-order valence-corrected chi connectivity index (χ4v) is 3.06. The number of sulfone groups is 1. The van der Waals surface area contributed by atoms with Crippen LogP contribution >= 0.6 is 0 Å². The predicted molar refractivity (Wildman–Crippen MR) is 91.7 cm³/mol. The average molecular weight is 343 g/mol. The lowest BCUT2D eigenvalue weighted by atomic mass is 10.2. The molecule has 0 bridgehead atoms. The van der Waals surface area contributed by atoms with Crippen molar-refractivity contribution in [2.24, 2.45) is 0 Å². The summed E-state index contributed by atoms with van der Waals surface area (Å²) < 4.78 is 23.1. The number of hydrogen-bond donors (Lipinski definition) is 2. The Hall–Kier alpha value is -2.67. The van der Waals surface area contributed by atoms with Gasteiger partial charge in [-0.2, -0.15) is 0 Å². The Balaban J connectivity index is 1.63. The number of rotatable bonds is 5. The van der Waals surface area contributed by atoms with Crippen molar-refractivity contribution in [3.05, 3.63) is 59.9 Å². The molecule has 2 aromatic carbocycles. The predicted octanol–water partition coefficient (Wildman–Crippen LogP) is 1.94. The van der Waals surface area contributed by atoms with Gasteiger partial charge in [0.05, 0.1) is 15.9 Å². The summed E-state index contributed by atoms with van der Waals surface area (Å²) in [6.07, 6.45) is 1.68. The first-order valence-electron chi connectivity index (χ1n) is 7.45. The number of H-pyrrole nitrogens is 1. The molecule has 7 heteroatoms. The van der Waals surface area contributed by atoms with Gasteiger partial charge in [0.1, 0.15) is 5.82 Å². The molecule has 0 aliphatic heterocycles. The van der Waals surface area contributed by atoms with Crippen LogP contribution in [-0.4, -0.2) is 37.1 Å². The van der Waals surface area contributed by atoms with E-state index in [1.807, 2.05) is 24.3 Å². The second kappa shape index (κ2) is 6.45. The highest BCUT2D eigenvalue weighted by Gasteiger charge is 2.11. The molecule has 0 atom stereocenters. The number of carbonyl (C=O) groups is 1. The van der Waals surface area contributed by atoms with Crippen molar-refractivity contribution in [1.82, 2.24) is 15.3 Å². The molecule has 0 saturated heterocycles. The Bertz CT molecular complexity index is 960. The van der Waals surface area contributed by atoms with Crippen LogP contribution in [0.2, 0.25) is 0 Å². The lowest BCUT2D eigenvalue weighted by Gasteiger charge is -2.05. The van der Waals surface area contributed by atoms with Crippen molar-refractivity contribution in [3.63, 3.8) is 0 Å². The number of imidazole rings is 1. The smallest absolute Gasteiger partial charge is 0.251 e. The molecule has 0 spiro atoms. The van der Waals surface area contributed by atoms with Crippen LogP contribution in [0.4, 0.5) is 0 Å². The highest BCUT2D eigenvalue weighted by Crippen LogP contribution is 2.12. The summed E-state index contributed by atoms with van der Waals surface area (Å²) in [4.78, 5) is 19.9. The van der Waals surface area contributed by atoms with Crippen LogP contribution < -0.4 is 5.32 Å². The van der Waals surface area contributed by atoms with Crippen LogP contribution in [0.15, 0.2) is 53.4 Å². The van der Waals surface area contributed by atoms with Crippen molar-refractivity contribution >= 4 is 26.8 Å². The topological polar surface area (TPSA) is 91.9 Å². The Morgan fingerprint density at radius 3 is 2.71 bits per heavy atom. The highest BCUT2D eigenvalue weighted by atomic mass is 32.2. The number of fused-ring (bicyclic) bond motifs is 1. The molecule has 1 heterocycles. The van der Waals surface area contributed by atoms with Gasteiger partial charge in [-0.25, -0.2) is 13.4 Å². The minimum Gasteiger partial charge on any atom is -0.352 e. The van der Waals surface area contributed by atoms with E-state index in [0.717, 1.165) is 23.1 Å². The standard InChI is InChI=1S/C17H17N3O3S/c1-24(22,23)13-6-4-5-12(11-13)17(21)18-10-9-16-19-14-7-2-3-8-15(14)20-16/h2-8,11H,9-10H2,1H3,(H,18,21)(H,19,20). The van der Waals surface area contributed by atoms with E-state index in [-0.39, 0.29) is 10.8 Å². The van der Waals surface area contributed by atoms with E-state index < -0.39 is 9.84 Å². The Morgan fingerprint density at radius 1 is 1.17 bits per heavy atom. The molecule has 3 aromatic rings. The van der Waals surface area contributed by atoms with E-state index in [4.69, 9.17) is 0 Å². The van der Waals surface area contributed by atoms with Crippen LogP contribution in [0.5, 0.6) is 0 Å². The minimum absolute atomic E-state index is 0.132. The quantitative estimate of drug-likeness (QED) is 0.740. The van der Waals surface area contributed by atoms with E-state index in [2.05, 4.69) is 15.3 Å². The van der Waals surface area contributed by atoms with E-state index in [9.17, 15) is 13.2 Å². The summed E-state index contributed by atoms with van der Waals surface area (Å²) in [5.41, 5.74) is 2.17. The average Bonchev–Trinajstić information content (AvgIpc) is 2.97. The molecule has 124 valence electrons. The maximum absolute atomic E-state index is 12.1. The molecule has 0 unspecified atom stereocenters. The minimum atomic E-state index is -3.33. The molecular formula is C17H17N3O3S. The zero-order chi connectivity index (χ0) is 17.2. The van der Waals surface area contributed by atoms with Crippen LogP contribution in [-0.2, 0) is 16.3 Å². The second-order valence-electron chi connectivity index (χ2n) is 5.51. The van der Waals surface area contributed by atoms with Gasteiger partial charge in [-0.3, -0.25) is 4.79 Å². The highest BCUT2D eigenvalue weighted by molar-refractivity contribution is 7.90. The van der Waals surface area contributed by atoms with Crippen molar-refractivity contribution in [1.29, 1.82) is 0 Å². The van der Waals surface area contributed by atoms with Gasteiger partial charge in [0, 0.05) is 24.8 Å². The monoisotopic (exact) mass is 343 g/mol. The van der Waals surface area contributed by atoms with E-state index in [1.54, 1.807) is 12.1 Å². The van der Waals surface area contributed by atoms with Gasteiger partial charge in [0.25, 0.3) is 5.91 Å². The van der Waals surface area contributed by atoms with Gasteiger partial charge in [0.2, 0.25) is 0 Å². The Morgan fingerprint density at radius 2 is 1.96 bits per heavy atom. The summed E-state index contributed by atoms with van der Waals surface area (Å²) in [6, 6.07) is 13.7. The van der Waals surface area contributed by atoms with Crippen LogP contribution in [0.1, 0.15) is 16.2 Å². The van der Waals surface area contributed by atoms with Crippen LogP contribution in [0, 0.1) is 0 Å². The molecule has 0 aliphatic carbocycles. The number of benzene rings is 2. The lowest BCUT2D eigenvalue weighted by molar-refractivity contribution is 0.0954. The number of carbonyl (C=O) groups excluding carboxylic acids is 1. The number of nitrogens with zero attached hydrogens (tertiary/aromatic N) is 1. The number of aromatic amines is 1. The molecule has 1 aromatic heterocycles. The van der Waals surface area contributed by atoms with E-state index in [1.165, 1.54) is 12.1 Å². The molecule has 0 radical (unpaired) electrons. The molecule has 1 amide bonds. The zero-order valence-electron chi connectivity index (χ0n) is 13.1. The van der Waals surface area contributed by atoms with Gasteiger partial charge < -0.3 is 10.3 Å². The Labute approximate surface area is 139 Å². The van der Waals surface area contributed by atoms with Gasteiger partial charge in [-0.1, -0.05) is 18.2 Å². The van der Waals surface area contributed by atoms with E-state index >= 15 is 0 Å². The van der Waals surface area contributed by atoms with Gasteiger partial charge in [-0.05, 0) is 30.3 Å². The van der Waals surface area contributed by atoms with Crippen molar-refractivity contribution in [2.45, 2.75) is 11.3 Å². The fraction of sp³-hybridized carbons (Fsp3) is 0.176. The van der Waals surface area contributed by atoms with Gasteiger partial charge >= 0.3 is 0 Å². The molecule has 2 N–H and O–H groups in total. The van der Waals surface area contributed by atoms with Crippen molar-refractivity contribution < 1.29 is 13.2 Å². The molecular weight excluding hydrogens is 326 g/mol. The molecule has 0 aliphatic rings. The number of hydrogen-bond acceptors (Lipinski definition) is 4. The maximum atomic E-state index is 12.1. The summed E-state index contributed by atoms with van der Waals surface area (Å²) in [6.45, 7) is 0.405. The lowest BCUT2D eigenvalue weighted by Crippen LogP contribution is -2.26. The normalized spacial score (nSPS) is 11.5. The third kappa shape index (κ3) is 3.62. The Kier molecular flexibility index (Phi) is 4.35. The van der Waals surface area contributed by atoms with Crippen LogP contribution in [0.25, 0.3) is 11.0 Å². The summed E-state index contributed by atoms with van der Waals surface area (Å²) in [5.74, 6) is 0.484. The third-order valence-electron chi connectivity index (χ3n) is 3.61. The number of aromatic nitrogens is 2. The van der Waals surface area contributed by atoms with Gasteiger partial charge in [0.15, 0.2) is 9.84 Å². The number of para-hydroxylation sites is 2. The number of nitrogens with one attached hydrogen (secondary N) is 2. The van der Waals surface area contributed by atoms with E-state index in [0.29, 0.717) is 18.5 Å². The SMILES string of the molecule is CS(=O)(=O)c1cccc(C(=O)NCCc2nc3ccccc3[nH]2)c1. The molecule has 24 heavy (non-hydrogen) atoms. The maximum Gasteiger partial charge on any atom is 0.251 e. The number of amides is 1. The first-order valence-corrected chi connectivity index (χ1v) is 9.34. The summed E-state index contributed by atoms with van der Waals surface area (Å²) >= 11 is 0. The molecule has 6 nitrogen and oxygen atoms in total. The summed E-state index contributed by atoms with van der Waals surface area (Å²) in [7, 11) is -3.33.